The zero-order chi connectivity index (χ0) is 24.9. The Morgan fingerprint density at radius 3 is 2.15 bits per heavy atom. The molecule has 0 fully saturated rings. The van der Waals surface area contributed by atoms with Crippen molar-refractivity contribution in [2.45, 2.75) is 25.7 Å². The summed E-state index contributed by atoms with van der Waals surface area (Å²) in [5.41, 5.74) is 0.0117. The van der Waals surface area contributed by atoms with Crippen LogP contribution in [0.3, 0.4) is 0 Å². The molecule has 0 aliphatic carbocycles. The molecule has 180 valence electrons. The summed E-state index contributed by atoms with van der Waals surface area (Å²) in [6.45, 7) is 0.146. The minimum absolute atomic E-state index is 0.127. The number of ether oxygens (including phenoxy) is 1. The van der Waals surface area contributed by atoms with Crippen LogP contribution in [0.2, 0.25) is 0 Å². The van der Waals surface area contributed by atoms with Crippen LogP contribution in [0.5, 0.6) is 5.75 Å². The van der Waals surface area contributed by atoms with Gasteiger partial charge in [-0.05, 0) is 29.3 Å². The molecule has 3 rings (SSSR count). The van der Waals surface area contributed by atoms with Gasteiger partial charge in [-0.25, -0.2) is 8.78 Å². The number of halogens is 5. The van der Waals surface area contributed by atoms with Crippen molar-refractivity contribution in [1.29, 1.82) is 0 Å². The highest BCUT2D eigenvalue weighted by Gasteiger charge is 2.33. The van der Waals surface area contributed by atoms with E-state index >= 15 is 0 Å². The van der Waals surface area contributed by atoms with E-state index in [0.717, 1.165) is 24.3 Å². The Morgan fingerprint density at radius 2 is 1.56 bits per heavy atom. The number of aliphatic carboxylic acids is 1. The lowest BCUT2D eigenvalue weighted by Crippen LogP contribution is -2.35. The molecule has 0 amide bonds. The average Bonchev–Trinajstić information content (AvgIpc) is 2.72. The van der Waals surface area contributed by atoms with Crippen LogP contribution in [0.4, 0.5) is 27.6 Å². The van der Waals surface area contributed by atoms with E-state index in [1.807, 2.05) is 0 Å². The molecule has 0 aromatic heterocycles. The number of aliphatic hydroxyl groups is 1. The Bertz CT molecular complexity index is 1130. The summed E-state index contributed by atoms with van der Waals surface area (Å²) in [5.74, 6) is -4.05. The van der Waals surface area contributed by atoms with Crippen LogP contribution in [0.15, 0.2) is 60.7 Å². The van der Waals surface area contributed by atoms with Gasteiger partial charge in [-0.15, -0.1) is 13.2 Å². The summed E-state index contributed by atoms with van der Waals surface area (Å²) >= 11 is 0. The highest BCUT2D eigenvalue weighted by Crippen LogP contribution is 2.37. The summed E-state index contributed by atoms with van der Waals surface area (Å²) in [7, 11) is 0. The predicted molar refractivity (Wildman–Crippen MR) is 113 cm³/mol. The summed E-state index contributed by atoms with van der Waals surface area (Å²) in [6.07, 6.45) is -6.60. The molecule has 0 aliphatic rings. The molecule has 0 saturated heterocycles. The van der Waals surface area contributed by atoms with Crippen molar-refractivity contribution in [1.82, 2.24) is 5.32 Å². The number of carboxylic acid groups (broad SMARTS) is 1. The number of carbonyl (C=O) groups is 1. The highest BCUT2D eigenvalue weighted by molar-refractivity contribution is 5.73. The normalized spacial score (nSPS) is 12.3. The highest BCUT2D eigenvalue weighted by atomic mass is 19.4. The van der Waals surface area contributed by atoms with Gasteiger partial charge >= 0.3 is 12.3 Å². The lowest BCUT2D eigenvalue weighted by atomic mass is 10.0. The lowest BCUT2D eigenvalue weighted by molar-refractivity contribution is -0.274. The van der Waals surface area contributed by atoms with Crippen molar-refractivity contribution < 1.29 is 41.7 Å². The standard InChI is InChI=1S/C23H19F5N2O4/c24-17-10-15(30-22(33)29-12-14-7-5-13(6-8-14)9-20(31)32)11-18(25)21(17)16-3-1-2-4-19(16)34-23(26,27)28/h1-8,10-11,22,29-30,33H,9,12H2,(H,31,32). The zero-order valence-electron chi connectivity index (χ0n) is 17.4. The summed E-state index contributed by atoms with van der Waals surface area (Å²) in [5, 5.41) is 24.0. The third-order valence-corrected chi connectivity index (χ3v) is 4.61. The maximum Gasteiger partial charge on any atom is 0.573 e. The first-order valence-electron chi connectivity index (χ1n) is 9.83. The number of alkyl halides is 3. The van der Waals surface area contributed by atoms with E-state index in [1.165, 1.54) is 12.1 Å². The third kappa shape index (κ3) is 6.90. The van der Waals surface area contributed by atoms with Crippen molar-refractivity contribution in [2.24, 2.45) is 0 Å². The molecule has 0 bridgehead atoms. The van der Waals surface area contributed by atoms with Gasteiger partial charge in [0.15, 0.2) is 6.35 Å². The monoisotopic (exact) mass is 482 g/mol. The van der Waals surface area contributed by atoms with Crippen LogP contribution in [-0.4, -0.2) is 28.9 Å². The Kier molecular flexibility index (Phi) is 7.69. The molecule has 3 aromatic rings. The van der Waals surface area contributed by atoms with Gasteiger partial charge in [-0.3, -0.25) is 10.1 Å². The number of para-hydroxylation sites is 1. The Balaban J connectivity index is 1.69. The van der Waals surface area contributed by atoms with Gasteiger partial charge in [0, 0.05) is 17.8 Å². The number of rotatable bonds is 9. The Morgan fingerprint density at radius 1 is 0.971 bits per heavy atom. The first-order valence-corrected chi connectivity index (χ1v) is 9.83. The number of anilines is 1. The maximum absolute atomic E-state index is 14.7. The minimum Gasteiger partial charge on any atom is -0.481 e. The number of aliphatic hydroxyl groups excluding tert-OH is 1. The van der Waals surface area contributed by atoms with Gasteiger partial charge in [0.1, 0.15) is 17.4 Å². The zero-order valence-corrected chi connectivity index (χ0v) is 17.4. The van der Waals surface area contributed by atoms with Crippen LogP contribution in [-0.2, 0) is 17.8 Å². The maximum atomic E-state index is 14.7. The molecule has 0 saturated carbocycles. The van der Waals surface area contributed by atoms with Crippen molar-refractivity contribution in [3.63, 3.8) is 0 Å². The third-order valence-electron chi connectivity index (χ3n) is 4.61. The molecule has 0 radical (unpaired) electrons. The SMILES string of the molecule is O=C(O)Cc1ccc(CNC(O)Nc2cc(F)c(-c3ccccc3OC(F)(F)F)c(F)c2)cc1. The van der Waals surface area contributed by atoms with Gasteiger partial charge in [-0.1, -0.05) is 42.5 Å². The van der Waals surface area contributed by atoms with Crippen LogP contribution >= 0.6 is 0 Å². The Hall–Kier alpha value is -3.70. The number of benzene rings is 3. The molecule has 1 atom stereocenters. The molecule has 11 heteroatoms. The second-order valence-corrected chi connectivity index (χ2v) is 7.17. The molecular weight excluding hydrogens is 463 g/mol. The van der Waals surface area contributed by atoms with Crippen LogP contribution in [0, 0.1) is 11.6 Å². The first kappa shape index (κ1) is 24.9. The van der Waals surface area contributed by atoms with Crippen LogP contribution < -0.4 is 15.4 Å². The summed E-state index contributed by atoms with van der Waals surface area (Å²) < 4.78 is 71.1. The first-order chi connectivity index (χ1) is 16.0. The van der Waals surface area contributed by atoms with Crippen molar-refractivity contribution in [3.05, 3.63) is 83.4 Å². The summed E-state index contributed by atoms with van der Waals surface area (Å²) in [6, 6.07) is 12.8. The Labute approximate surface area is 190 Å². The van der Waals surface area contributed by atoms with Crippen LogP contribution in [0.25, 0.3) is 11.1 Å². The van der Waals surface area contributed by atoms with E-state index in [1.54, 1.807) is 24.3 Å². The largest absolute Gasteiger partial charge is 0.573 e. The number of carboxylic acids is 1. The fourth-order valence-electron chi connectivity index (χ4n) is 3.17. The fourth-order valence-corrected chi connectivity index (χ4v) is 3.17. The average molecular weight is 482 g/mol. The van der Waals surface area contributed by atoms with E-state index in [4.69, 9.17) is 5.11 Å². The quantitative estimate of drug-likeness (QED) is 0.263. The number of nitrogens with one attached hydrogen (secondary N) is 2. The second kappa shape index (κ2) is 10.5. The topological polar surface area (TPSA) is 90.8 Å². The summed E-state index contributed by atoms with van der Waals surface area (Å²) in [4.78, 5) is 10.7. The lowest BCUT2D eigenvalue weighted by Gasteiger charge is -2.18. The molecule has 0 heterocycles. The van der Waals surface area contributed by atoms with E-state index in [0.29, 0.717) is 11.1 Å². The van der Waals surface area contributed by atoms with Crippen molar-refractivity contribution in [2.75, 3.05) is 5.32 Å². The fraction of sp³-hybridized carbons (Fsp3) is 0.174. The molecule has 6 nitrogen and oxygen atoms in total. The van der Waals surface area contributed by atoms with Gasteiger partial charge in [0.25, 0.3) is 0 Å². The molecule has 3 aromatic carbocycles. The van der Waals surface area contributed by atoms with Gasteiger partial charge in [0.2, 0.25) is 0 Å². The van der Waals surface area contributed by atoms with E-state index < -0.39 is 47.2 Å². The van der Waals surface area contributed by atoms with Crippen molar-refractivity contribution in [3.8, 4) is 16.9 Å². The molecular formula is C23H19F5N2O4. The molecule has 1 unspecified atom stereocenters. The van der Waals surface area contributed by atoms with Gasteiger partial charge in [0.05, 0.1) is 12.0 Å². The van der Waals surface area contributed by atoms with E-state index in [2.05, 4.69) is 15.4 Å². The molecule has 4 N–H and O–H groups in total. The molecule has 0 aliphatic heterocycles. The molecule has 34 heavy (non-hydrogen) atoms. The van der Waals surface area contributed by atoms with Gasteiger partial charge < -0.3 is 20.3 Å². The predicted octanol–water partition coefficient (Wildman–Crippen LogP) is 4.64. The second-order valence-electron chi connectivity index (χ2n) is 7.17. The van der Waals surface area contributed by atoms with Crippen LogP contribution in [0.1, 0.15) is 11.1 Å². The van der Waals surface area contributed by atoms with E-state index in [-0.39, 0.29) is 18.7 Å². The minimum atomic E-state index is -5.04. The number of hydrogen-bond acceptors (Lipinski definition) is 5. The smallest absolute Gasteiger partial charge is 0.481 e. The van der Waals surface area contributed by atoms with Gasteiger partial charge in [-0.2, -0.15) is 0 Å². The van der Waals surface area contributed by atoms with E-state index in [9.17, 15) is 31.9 Å². The number of hydrogen-bond donors (Lipinski definition) is 4. The molecule has 0 spiro atoms. The van der Waals surface area contributed by atoms with Crippen molar-refractivity contribution >= 4 is 11.7 Å².